The highest BCUT2D eigenvalue weighted by atomic mass is 16.1. The summed E-state index contributed by atoms with van der Waals surface area (Å²) in [7, 11) is 0. The van der Waals surface area contributed by atoms with E-state index < -0.39 is 0 Å². The normalized spacial score (nSPS) is 11.9. The van der Waals surface area contributed by atoms with Gasteiger partial charge < -0.3 is 10.6 Å². The van der Waals surface area contributed by atoms with Crippen LogP contribution in [0.15, 0.2) is 0 Å². The minimum absolute atomic E-state index is 0.0921. The van der Waals surface area contributed by atoms with Crippen molar-refractivity contribution in [2.45, 2.75) is 45.6 Å². The molecule has 0 rings (SSSR count). The van der Waals surface area contributed by atoms with Gasteiger partial charge in [0.15, 0.2) is 0 Å². The molecule has 0 aliphatic carbocycles. The van der Waals surface area contributed by atoms with Gasteiger partial charge in [0.05, 0.1) is 0 Å². The minimum Gasteiger partial charge on any atom is -0.354 e. The van der Waals surface area contributed by atoms with Gasteiger partial charge in [-0.25, -0.2) is 0 Å². The van der Waals surface area contributed by atoms with Crippen LogP contribution >= 0.6 is 0 Å². The second-order valence-electron chi connectivity index (χ2n) is 3.36. The van der Waals surface area contributed by atoms with Crippen molar-refractivity contribution in [1.29, 1.82) is 0 Å². The van der Waals surface area contributed by atoms with Crippen molar-refractivity contribution < 1.29 is 9.59 Å². The van der Waals surface area contributed by atoms with Crippen molar-refractivity contribution in [3.8, 4) is 0 Å². The molecule has 0 aromatic rings. The highest BCUT2D eigenvalue weighted by molar-refractivity contribution is 5.76. The largest absolute Gasteiger partial charge is 0.354 e. The number of nitrogens with one attached hydrogen (secondary N) is 2. The summed E-state index contributed by atoms with van der Waals surface area (Å²) in [6.07, 6.45) is 4.71. The monoisotopic (exact) mass is 199 g/mol. The van der Waals surface area contributed by atoms with Crippen molar-refractivity contribution in [2.24, 2.45) is 0 Å². The Bertz CT molecular complexity index is 172. The Hall–Kier alpha value is -1.06. The molecule has 1 unspecified atom stereocenters. The molecule has 1 radical (unpaired) electrons. The molecule has 0 aliphatic heterocycles. The SMILES string of the molecule is CCC(C)NC(=O)CCCCN[C]=O. The van der Waals surface area contributed by atoms with Gasteiger partial charge in [0, 0.05) is 19.0 Å². The van der Waals surface area contributed by atoms with Gasteiger partial charge in [0.25, 0.3) is 0 Å². The summed E-state index contributed by atoms with van der Waals surface area (Å²) in [6, 6.07) is 0.254. The second-order valence-corrected chi connectivity index (χ2v) is 3.36. The Labute approximate surface area is 85.4 Å². The maximum atomic E-state index is 11.2. The fourth-order valence-corrected chi connectivity index (χ4v) is 0.999. The van der Waals surface area contributed by atoms with Gasteiger partial charge in [0.2, 0.25) is 5.91 Å². The molecule has 0 spiro atoms. The first-order valence-electron chi connectivity index (χ1n) is 5.10. The molecule has 0 aromatic heterocycles. The molecule has 2 amide bonds. The third kappa shape index (κ3) is 7.58. The molecule has 0 aliphatic rings. The standard InChI is InChI=1S/C10H19N2O2/c1-3-9(2)12-10(14)6-4-5-7-11-8-13/h9H,3-7H2,1-2H3,(H,11,13)(H,12,14). The summed E-state index contributed by atoms with van der Waals surface area (Å²) >= 11 is 0. The number of rotatable bonds is 8. The number of carbonyl (C=O) groups excluding carboxylic acids is 2. The molecule has 2 N–H and O–H groups in total. The molecule has 81 valence electrons. The molecule has 0 saturated heterocycles. The van der Waals surface area contributed by atoms with Crippen LogP contribution in [0.5, 0.6) is 0 Å². The van der Waals surface area contributed by atoms with Gasteiger partial charge in [-0.1, -0.05) is 6.92 Å². The third-order valence-electron chi connectivity index (χ3n) is 2.05. The summed E-state index contributed by atoms with van der Waals surface area (Å²) in [6.45, 7) is 4.62. The van der Waals surface area contributed by atoms with Crippen molar-refractivity contribution in [1.82, 2.24) is 10.6 Å². The summed E-state index contributed by atoms with van der Waals surface area (Å²) < 4.78 is 0. The number of hydrogen-bond donors (Lipinski definition) is 2. The van der Waals surface area contributed by atoms with E-state index in [1.54, 1.807) is 6.41 Å². The molecule has 4 heteroatoms. The van der Waals surface area contributed by atoms with Crippen molar-refractivity contribution in [3.63, 3.8) is 0 Å². The van der Waals surface area contributed by atoms with Gasteiger partial charge in [-0.15, -0.1) is 0 Å². The molecular formula is C10H19N2O2. The molecular weight excluding hydrogens is 180 g/mol. The van der Waals surface area contributed by atoms with E-state index in [0.29, 0.717) is 13.0 Å². The molecule has 0 bridgehead atoms. The summed E-state index contributed by atoms with van der Waals surface area (Å²) in [4.78, 5) is 21.0. The number of amides is 2. The number of hydrogen-bond acceptors (Lipinski definition) is 2. The third-order valence-corrected chi connectivity index (χ3v) is 2.05. The lowest BCUT2D eigenvalue weighted by molar-refractivity contribution is -0.121. The van der Waals surface area contributed by atoms with E-state index in [9.17, 15) is 9.59 Å². The lowest BCUT2D eigenvalue weighted by atomic mass is 10.2. The van der Waals surface area contributed by atoms with Gasteiger partial charge >= 0.3 is 6.41 Å². The second kappa shape index (κ2) is 8.53. The van der Waals surface area contributed by atoms with Crippen LogP contribution in [-0.2, 0) is 9.59 Å². The zero-order valence-electron chi connectivity index (χ0n) is 8.93. The van der Waals surface area contributed by atoms with Crippen LogP contribution in [0, 0.1) is 0 Å². The van der Waals surface area contributed by atoms with E-state index in [4.69, 9.17) is 0 Å². The molecule has 4 nitrogen and oxygen atoms in total. The molecule has 0 fully saturated rings. The van der Waals surface area contributed by atoms with Crippen LogP contribution in [-0.4, -0.2) is 24.9 Å². The fraction of sp³-hybridized carbons (Fsp3) is 0.800. The lowest BCUT2D eigenvalue weighted by Crippen LogP contribution is -2.31. The average Bonchev–Trinajstić information content (AvgIpc) is 2.17. The van der Waals surface area contributed by atoms with Gasteiger partial charge in [0.1, 0.15) is 0 Å². The minimum atomic E-state index is 0.0921. The first-order chi connectivity index (χ1) is 6.70. The Morgan fingerprint density at radius 1 is 1.43 bits per heavy atom. The van der Waals surface area contributed by atoms with E-state index in [1.165, 1.54) is 0 Å². The maximum Gasteiger partial charge on any atom is 0.309 e. The predicted molar refractivity (Wildman–Crippen MR) is 55.4 cm³/mol. The Balaban J connectivity index is 3.31. The maximum absolute atomic E-state index is 11.2. The summed E-state index contributed by atoms with van der Waals surface area (Å²) in [5, 5.41) is 5.32. The van der Waals surface area contributed by atoms with Crippen LogP contribution < -0.4 is 10.6 Å². The van der Waals surface area contributed by atoms with Gasteiger partial charge in [-0.2, -0.15) is 0 Å². The fourth-order valence-electron chi connectivity index (χ4n) is 0.999. The van der Waals surface area contributed by atoms with Gasteiger partial charge in [-0.3, -0.25) is 9.59 Å². The highest BCUT2D eigenvalue weighted by Gasteiger charge is 2.04. The van der Waals surface area contributed by atoms with E-state index in [1.807, 2.05) is 13.8 Å². The zero-order valence-corrected chi connectivity index (χ0v) is 8.93. The van der Waals surface area contributed by atoms with E-state index in [2.05, 4.69) is 10.6 Å². The number of unbranched alkanes of at least 4 members (excludes halogenated alkanes) is 1. The smallest absolute Gasteiger partial charge is 0.309 e. The van der Waals surface area contributed by atoms with Crippen molar-refractivity contribution >= 4 is 12.3 Å². The molecule has 1 atom stereocenters. The Kier molecular flexibility index (Phi) is 7.89. The average molecular weight is 199 g/mol. The highest BCUT2D eigenvalue weighted by Crippen LogP contribution is 1.96. The molecule has 0 heterocycles. The first-order valence-corrected chi connectivity index (χ1v) is 5.10. The molecule has 0 saturated carbocycles. The van der Waals surface area contributed by atoms with Gasteiger partial charge in [-0.05, 0) is 26.2 Å². The summed E-state index contributed by atoms with van der Waals surface area (Å²) in [5.41, 5.74) is 0. The van der Waals surface area contributed by atoms with E-state index in [0.717, 1.165) is 19.3 Å². The van der Waals surface area contributed by atoms with Crippen LogP contribution in [0.25, 0.3) is 0 Å². The Morgan fingerprint density at radius 3 is 2.71 bits per heavy atom. The van der Waals surface area contributed by atoms with Crippen LogP contribution in [0.1, 0.15) is 39.5 Å². The predicted octanol–water partition coefficient (Wildman–Crippen LogP) is 0.728. The van der Waals surface area contributed by atoms with E-state index >= 15 is 0 Å². The van der Waals surface area contributed by atoms with Crippen LogP contribution in [0.4, 0.5) is 0 Å². The van der Waals surface area contributed by atoms with Crippen LogP contribution in [0.3, 0.4) is 0 Å². The topological polar surface area (TPSA) is 58.2 Å². The first kappa shape index (κ1) is 12.9. The molecule has 14 heavy (non-hydrogen) atoms. The van der Waals surface area contributed by atoms with Crippen molar-refractivity contribution in [3.05, 3.63) is 0 Å². The van der Waals surface area contributed by atoms with Crippen LogP contribution in [0.2, 0.25) is 0 Å². The zero-order chi connectivity index (χ0) is 10.8. The summed E-state index contributed by atoms with van der Waals surface area (Å²) in [5.74, 6) is 0.0921. The molecule has 0 aromatic carbocycles. The van der Waals surface area contributed by atoms with Crippen molar-refractivity contribution in [2.75, 3.05) is 6.54 Å². The van der Waals surface area contributed by atoms with E-state index in [-0.39, 0.29) is 11.9 Å². The Morgan fingerprint density at radius 2 is 2.14 bits per heavy atom. The lowest BCUT2D eigenvalue weighted by Gasteiger charge is -2.10. The quantitative estimate of drug-likeness (QED) is 0.447. The number of carbonyl (C=O) groups is 1.